The lowest BCUT2D eigenvalue weighted by atomic mass is 10.2. The Balaban J connectivity index is 0.000000171. The van der Waals surface area contributed by atoms with Crippen molar-refractivity contribution in [3.05, 3.63) is 24.3 Å². The number of ether oxygens (including phenoxy) is 2. The van der Waals surface area contributed by atoms with Crippen LogP contribution in [0.5, 0.6) is 11.5 Å². The maximum atomic E-state index is 5.08. The Morgan fingerprint density at radius 3 is 1.93 bits per heavy atom. The number of hydrogen-bond acceptors (Lipinski definition) is 2. The van der Waals surface area contributed by atoms with Gasteiger partial charge in [0.15, 0.2) is 11.5 Å². The molecule has 0 fully saturated rings. The highest BCUT2D eigenvalue weighted by atomic mass is 16.7. The minimum Gasteiger partial charge on any atom is -0.454 e. The molecule has 0 N–H and O–H groups in total. The number of para-hydroxylation sites is 2. The van der Waals surface area contributed by atoms with E-state index in [-0.39, 0.29) is 0 Å². The smallest absolute Gasteiger partial charge is 0.231 e. The van der Waals surface area contributed by atoms with Gasteiger partial charge in [-0.25, -0.2) is 0 Å². The zero-order valence-corrected chi connectivity index (χ0v) is 9.12. The summed E-state index contributed by atoms with van der Waals surface area (Å²) in [6, 6.07) is 7.63. The van der Waals surface area contributed by atoms with Crippen molar-refractivity contribution in [1.82, 2.24) is 0 Å². The molecular formula is C12H18O2. The van der Waals surface area contributed by atoms with Gasteiger partial charge < -0.3 is 9.47 Å². The Morgan fingerprint density at radius 1 is 1.14 bits per heavy atom. The lowest BCUT2D eigenvalue weighted by Gasteiger charge is -1.90. The molecule has 0 amide bonds. The fraction of sp³-hybridized carbons (Fsp3) is 0.500. The molecular weight excluding hydrogens is 176 g/mol. The fourth-order valence-corrected chi connectivity index (χ4v) is 0.845. The topological polar surface area (TPSA) is 18.5 Å². The highest BCUT2D eigenvalue weighted by Gasteiger charge is 2.09. The van der Waals surface area contributed by atoms with Gasteiger partial charge in [0.2, 0.25) is 6.79 Å². The van der Waals surface area contributed by atoms with Crippen molar-refractivity contribution in [2.24, 2.45) is 5.92 Å². The number of rotatable bonds is 1. The van der Waals surface area contributed by atoms with Crippen LogP contribution in [0.25, 0.3) is 0 Å². The Bertz CT molecular complexity index is 246. The van der Waals surface area contributed by atoms with E-state index < -0.39 is 0 Å². The van der Waals surface area contributed by atoms with Gasteiger partial charge in [-0.3, -0.25) is 0 Å². The van der Waals surface area contributed by atoms with Gasteiger partial charge in [0, 0.05) is 0 Å². The normalized spacial score (nSPS) is 12.3. The van der Waals surface area contributed by atoms with Crippen LogP contribution in [0.4, 0.5) is 0 Å². The third kappa shape index (κ3) is 3.29. The molecule has 1 aliphatic heterocycles. The summed E-state index contributed by atoms with van der Waals surface area (Å²) in [5.41, 5.74) is 0. The van der Waals surface area contributed by atoms with Crippen LogP contribution in [0.1, 0.15) is 27.2 Å². The van der Waals surface area contributed by atoms with Gasteiger partial charge in [-0.15, -0.1) is 0 Å². The van der Waals surface area contributed by atoms with Gasteiger partial charge in [0.05, 0.1) is 0 Å². The van der Waals surface area contributed by atoms with E-state index in [1.165, 1.54) is 6.42 Å². The first-order valence-corrected chi connectivity index (χ1v) is 5.08. The van der Waals surface area contributed by atoms with E-state index in [9.17, 15) is 0 Å². The van der Waals surface area contributed by atoms with Crippen LogP contribution in [-0.2, 0) is 0 Å². The third-order valence-corrected chi connectivity index (χ3v) is 2.09. The minimum absolute atomic E-state index is 0.360. The van der Waals surface area contributed by atoms with Crippen LogP contribution in [0, 0.1) is 5.92 Å². The lowest BCUT2D eigenvalue weighted by molar-refractivity contribution is 0.174. The molecule has 14 heavy (non-hydrogen) atoms. The maximum absolute atomic E-state index is 5.08. The standard InChI is InChI=1S/C7H6O2.C5H12/c1-2-4-7-6(3-1)8-5-9-7;1-4-5(2)3/h1-4H,5H2;5H,4H2,1-3H3. The largest absolute Gasteiger partial charge is 0.454 e. The molecule has 2 heteroatoms. The van der Waals surface area contributed by atoms with Gasteiger partial charge in [0.1, 0.15) is 0 Å². The van der Waals surface area contributed by atoms with Crippen LogP contribution >= 0.6 is 0 Å². The molecule has 2 nitrogen and oxygen atoms in total. The summed E-state index contributed by atoms with van der Waals surface area (Å²) in [4.78, 5) is 0. The molecule has 0 bridgehead atoms. The fourth-order valence-electron chi connectivity index (χ4n) is 0.845. The van der Waals surface area contributed by atoms with Gasteiger partial charge in [-0.2, -0.15) is 0 Å². The third-order valence-electron chi connectivity index (χ3n) is 2.09. The van der Waals surface area contributed by atoms with Crippen molar-refractivity contribution in [2.75, 3.05) is 6.79 Å². The average Bonchev–Trinajstić information content (AvgIpc) is 2.66. The first kappa shape index (κ1) is 10.9. The van der Waals surface area contributed by atoms with Crippen molar-refractivity contribution in [3.63, 3.8) is 0 Å². The Morgan fingerprint density at radius 2 is 1.57 bits per heavy atom. The summed E-state index contributed by atoms with van der Waals surface area (Å²) in [5, 5.41) is 0. The SMILES string of the molecule is CCC(C)C.c1ccc2c(c1)OCO2. The lowest BCUT2D eigenvalue weighted by Crippen LogP contribution is -1.92. The number of hydrogen-bond donors (Lipinski definition) is 0. The molecule has 0 aliphatic carbocycles. The Hall–Kier alpha value is -1.18. The van der Waals surface area contributed by atoms with Crippen molar-refractivity contribution >= 4 is 0 Å². The predicted octanol–water partition coefficient (Wildman–Crippen LogP) is 3.47. The van der Waals surface area contributed by atoms with E-state index in [1.807, 2.05) is 24.3 Å². The Labute approximate surface area is 85.8 Å². The van der Waals surface area contributed by atoms with Crippen LogP contribution < -0.4 is 9.47 Å². The number of fused-ring (bicyclic) bond motifs is 1. The molecule has 0 aromatic heterocycles. The summed E-state index contributed by atoms with van der Waals surface area (Å²) >= 11 is 0. The number of benzene rings is 1. The zero-order valence-electron chi connectivity index (χ0n) is 9.12. The Kier molecular flexibility index (Phi) is 4.30. The van der Waals surface area contributed by atoms with Crippen molar-refractivity contribution in [3.8, 4) is 11.5 Å². The van der Waals surface area contributed by atoms with Crippen molar-refractivity contribution in [1.29, 1.82) is 0 Å². The van der Waals surface area contributed by atoms with Gasteiger partial charge in [-0.1, -0.05) is 39.3 Å². The van der Waals surface area contributed by atoms with Gasteiger partial charge in [0.25, 0.3) is 0 Å². The van der Waals surface area contributed by atoms with E-state index >= 15 is 0 Å². The second kappa shape index (κ2) is 5.53. The molecule has 0 unspecified atom stereocenters. The molecule has 78 valence electrons. The molecule has 0 spiro atoms. The zero-order chi connectivity index (χ0) is 10.4. The molecule has 2 rings (SSSR count). The highest BCUT2D eigenvalue weighted by Crippen LogP contribution is 2.30. The van der Waals surface area contributed by atoms with E-state index in [0.29, 0.717) is 6.79 Å². The first-order chi connectivity index (χ1) is 6.74. The quantitative estimate of drug-likeness (QED) is 0.681. The van der Waals surface area contributed by atoms with Crippen LogP contribution in [0.2, 0.25) is 0 Å². The molecule has 1 heterocycles. The van der Waals surface area contributed by atoms with E-state index in [4.69, 9.17) is 9.47 Å². The molecule has 1 aromatic carbocycles. The second-order valence-electron chi connectivity index (χ2n) is 3.66. The van der Waals surface area contributed by atoms with Gasteiger partial charge >= 0.3 is 0 Å². The molecule has 0 saturated carbocycles. The summed E-state index contributed by atoms with van der Waals surface area (Å²) < 4.78 is 10.2. The predicted molar refractivity (Wildman–Crippen MR) is 57.7 cm³/mol. The summed E-state index contributed by atoms with van der Waals surface area (Å²) in [6.45, 7) is 7.00. The van der Waals surface area contributed by atoms with Crippen LogP contribution in [-0.4, -0.2) is 6.79 Å². The van der Waals surface area contributed by atoms with E-state index in [2.05, 4.69) is 20.8 Å². The molecule has 0 saturated heterocycles. The van der Waals surface area contributed by atoms with E-state index in [1.54, 1.807) is 0 Å². The van der Waals surface area contributed by atoms with Crippen LogP contribution in [0.3, 0.4) is 0 Å². The molecule has 0 atom stereocenters. The minimum atomic E-state index is 0.360. The average molecular weight is 194 g/mol. The molecule has 1 aromatic rings. The summed E-state index contributed by atoms with van der Waals surface area (Å²) in [6.07, 6.45) is 1.31. The summed E-state index contributed by atoms with van der Waals surface area (Å²) in [7, 11) is 0. The van der Waals surface area contributed by atoms with Gasteiger partial charge in [-0.05, 0) is 18.1 Å². The van der Waals surface area contributed by atoms with Crippen molar-refractivity contribution < 1.29 is 9.47 Å². The maximum Gasteiger partial charge on any atom is 0.231 e. The first-order valence-electron chi connectivity index (χ1n) is 5.08. The van der Waals surface area contributed by atoms with Crippen LogP contribution in [0.15, 0.2) is 24.3 Å². The highest BCUT2D eigenvalue weighted by molar-refractivity contribution is 5.40. The van der Waals surface area contributed by atoms with E-state index in [0.717, 1.165) is 17.4 Å². The summed E-state index contributed by atoms with van der Waals surface area (Å²) in [5.74, 6) is 2.57. The molecule has 1 aliphatic rings. The molecule has 0 radical (unpaired) electrons. The monoisotopic (exact) mass is 194 g/mol. The second-order valence-corrected chi connectivity index (χ2v) is 3.66. The van der Waals surface area contributed by atoms with Crippen molar-refractivity contribution in [2.45, 2.75) is 27.2 Å².